The predicted molar refractivity (Wildman–Crippen MR) is 87.9 cm³/mol. The van der Waals surface area contributed by atoms with Gasteiger partial charge in [0.25, 0.3) is 10.0 Å². The van der Waals surface area contributed by atoms with E-state index < -0.39 is 10.0 Å². The first-order valence-electron chi connectivity index (χ1n) is 6.31. The Morgan fingerprint density at radius 2 is 1.91 bits per heavy atom. The van der Waals surface area contributed by atoms with Gasteiger partial charge in [0.15, 0.2) is 5.78 Å². The van der Waals surface area contributed by atoms with Crippen molar-refractivity contribution in [2.24, 2.45) is 0 Å². The van der Waals surface area contributed by atoms with Crippen LogP contribution in [0.5, 0.6) is 5.75 Å². The number of hydrogen-bond acceptors (Lipinski definition) is 4. The molecule has 2 aromatic rings. The maximum atomic E-state index is 12.5. The number of methoxy groups -OCH3 is 1. The lowest BCUT2D eigenvalue weighted by atomic mass is 10.1. The van der Waals surface area contributed by atoms with E-state index in [0.29, 0.717) is 15.7 Å². The van der Waals surface area contributed by atoms with E-state index in [-0.39, 0.29) is 16.4 Å². The van der Waals surface area contributed by atoms with E-state index in [0.717, 1.165) is 0 Å². The van der Waals surface area contributed by atoms with E-state index in [1.807, 2.05) is 0 Å². The highest BCUT2D eigenvalue weighted by Gasteiger charge is 2.20. The molecule has 1 N–H and O–H groups in total. The number of hydrogen-bond donors (Lipinski definition) is 1. The fourth-order valence-corrected chi connectivity index (χ4v) is 3.63. The summed E-state index contributed by atoms with van der Waals surface area (Å²) in [5.41, 5.74) is 0.746. The van der Waals surface area contributed by atoms with Crippen molar-refractivity contribution in [3.8, 4) is 5.75 Å². The summed E-state index contributed by atoms with van der Waals surface area (Å²) in [7, 11) is -2.44. The highest BCUT2D eigenvalue weighted by molar-refractivity contribution is 9.10. The van der Waals surface area contributed by atoms with E-state index in [9.17, 15) is 13.2 Å². The Morgan fingerprint density at radius 3 is 2.55 bits per heavy atom. The van der Waals surface area contributed by atoms with Gasteiger partial charge in [0.05, 0.1) is 7.11 Å². The number of rotatable bonds is 5. The highest BCUT2D eigenvalue weighted by Crippen LogP contribution is 2.29. The molecule has 0 spiro atoms. The van der Waals surface area contributed by atoms with Crippen LogP contribution in [0.25, 0.3) is 0 Å². The van der Waals surface area contributed by atoms with E-state index in [1.54, 1.807) is 30.3 Å². The van der Waals surface area contributed by atoms with Gasteiger partial charge >= 0.3 is 0 Å². The van der Waals surface area contributed by atoms with Crippen molar-refractivity contribution in [3.63, 3.8) is 0 Å². The van der Waals surface area contributed by atoms with Gasteiger partial charge in [-0.25, -0.2) is 8.42 Å². The molecule has 0 amide bonds. The van der Waals surface area contributed by atoms with Crippen molar-refractivity contribution in [2.45, 2.75) is 11.8 Å². The van der Waals surface area contributed by atoms with Gasteiger partial charge in [-0.15, -0.1) is 0 Å². The lowest BCUT2D eigenvalue weighted by Crippen LogP contribution is -2.14. The first kappa shape index (κ1) is 16.5. The van der Waals surface area contributed by atoms with E-state index in [4.69, 9.17) is 4.74 Å². The molecule has 0 aliphatic rings. The number of Topliss-reactive ketones (excluding diaryl/α,β-unsaturated/α-hetero) is 1. The zero-order valence-electron chi connectivity index (χ0n) is 12.0. The number of benzene rings is 2. The Labute approximate surface area is 137 Å². The summed E-state index contributed by atoms with van der Waals surface area (Å²) in [5, 5.41) is 0. The van der Waals surface area contributed by atoms with Crippen molar-refractivity contribution in [1.29, 1.82) is 0 Å². The van der Waals surface area contributed by atoms with Crippen molar-refractivity contribution in [2.75, 3.05) is 11.8 Å². The average molecular weight is 384 g/mol. The Hall–Kier alpha value is -1.86. The SMILES string of the molecule is COc1ccc(Br)cc1S(=O)(=O)Nc1cccc(C(C)=O)c1. The molecule has 0 unspecified atom stereocenters. The van der Waals surface area contributed by atoms with Crippen LogP contribution in [0.1, 0.15) is 17.3 Å². The summed E-state index contributed by atoms with van der Waals surface area (Å²) in [6.07, 6.45) is 0. The van der Waals surface area contributed by atoms with Crippen LogP contribution in [-0.4, -0.2) is 21.3 Å². The van der Waals surface area contributed by atoms with Crippen molar-refractivity contribution < 1.29 is 17.9 Å². The van der Waals surface area contributed by atoms with Gasteiger partial charge in [-0.05, 0) is 37.3 Å². The molecule has 0 radical (unpaired) electrons. The van der Waals surface area contributed by atoms with Gasteiger partial charge in [0, 0.05) is 15.7 Å². The minimum absolute atomic E-state index is 0.0117. The zero-order valence-corrected chi connectivity index (χ0v) is 14.4. The van der Waals surface area contributed by atoms with Gasteiger partial charge in [-0.1, -0.05) is 28.1 Å². The molecule has 2 aromatic carbocycles. The molecule has 0 bridgehead atoms. The van der Waals surface area contributed by atoms with Crippen LogP contribution >= 0.6 is 15.9 Å². The number of ketones is 1. The van der Waals surface area contributed by atoms with Gasteiger partial charge in [0.1, 0.15) is 10.6 Å². The summed E-state index contributed by atoms with van der Waals surface area (Å²) in [6, 6.07) is 11.0. The molecule has 0 saturated heterocycles. The number of anilines is 1. The standard InChI is InChI=1S/C15H14BrNO4S/c1-10(18)11-4-3-5-13(8-11)17-22(19,20)15-9-12(16)6-7-14(15)21-2/h3-9,17H,1-2H3. The number of carbonyl (C=O) groups is 1. The lowest BCUT2D eigenvalue weighted by molar-refractivity contribution is 0.101. The molecular weight excluding hydrogens is 370 g/mol. The van der Waals surface area contributed by atoms with Gasteiger partial charge in [0.2, 0.25) is 0 Å². The first-order valence-corrected chi connectivity index (χ1v) is 8.58. The average Bonchev–Trinajstić information content (AvgIpc) is 2.47. The third kappa shape index (κ3) is 3.66. The molecular formula is C15H14BrNO4S. The molecule has 5 nitrogen and oxygen atoms in total. The van der Waals surface area contributed by atoms with Gasteiger partial charge in [-0.3, -0.25) is 9.52 Å². The van der Waals surface area contributed by atoms with E-state index in [2.05, 4.69) is 20.7 Å². The van der Waals surface area contributed by atoms with Crippen LogP contribution in [0.2, 0.25) is 0 Å². The molecule has 0 aliphatic carbocycles. The molecule has 0 saturated carbocycles. The third-order valence-electron chi connectivity index (χ3n) is 2.94. The Bertz CT molecular complexity index is 818. The molecule has 7 heteroatoms. The van der Waals surface area contributed by atoms with Crippen molar-refractivity contribution >= 4 is 37.4 Å². The van der Waals surface area contributed by atoms with E-state index in [1.165, 1.54) is 26.2 Å². The second kappa shape index (κ2) is 6.50. The Morgan fingerprint density at radius 1 is 1.18 bits per heavy atom. The minimum Gasteiger partial charge on any atom is -0.495 e. The van der Waals surface area contributed by atoms with Crippen molar-refractivity contribution in [3.05, 3.63) is 52.5 Å². The van der Waals surface area contributed by atoms with Gasteiger partial charge in [-0.2, -0.15) is 0 Å². The largest absolute Gasteiger partial charge is 0.495 e. The highest BCUT2D eigenvalue weighted by atomic mass is 79.9. The number of carbonyl (C=O) groups excluding carboxylic acids is 1. The van der Waals surface area contributed by atoms with Crippen LogP contribution < -0.4 is 9.46 Å². The fraction of sp³-hybridized carbons (Fsp3) is 0.133. The number of nitrogens with one attached hydrogen (secondary N) is 1. The summed E-state index contributed by atoms with van der Waals surface area (Å²) in [4.78, 5) is 11.4. The van der Waals surface area contributed by atoms with E-state index >= 15 is 0 Å². The zero-order chi connectivity index (χ0) is 16.3. The number of halogens is 1. The molecule has 0 aliphatic heterocycles. The maximum absolute atomic E-state index is 12.5. The normalized spacial score (nSPS) is 11.0. The summed E-state index contributed by atoms with van der Waals surface area (Å²) >= 11 is 3.24. The maximum Gasteiger partial charge on any atom is 0.265 e. The van der Waals surface area contributed by atoms with Crippen LogP contribution in [0.15, 0.2) is 51.8 Å². The van der Waals surface area contributed by atoms with Crippen molar-refractivity contribution in [1.82, 2.24) is 0 Å². The minimum atomic E-state index is -3.84. The smallest absolute Gasteiger partial charge is 0.265 e. The lowest BCUT2D eigenvalue weighted by Gasteiger charge is -2.12. The fourth-order valence-electron chi connectivity index (χ4n) is 1.87. The second-order valence-electron chi connectivity index (χ2n) is 4.54. The monoisotopic (exact) mass is 383 g/mol. The third-order valence-corrected chi connectivity index (χ3v) is 4.83. The van der Waals surface area contributed by atoms with Crippen LogP contribution in [-0.2, 0) is 10.0 Å². The second-order valence-corrected chi connectivity index (χ2v) is 7.10. The summed E-state index contributed by atoms with van der Waals surface area (Å²) in [5.74, 6) is 0.0968. The molecule has 0 atom stereocenters. The molecule has 2 rings (SSSR count). The Kier molecular flexibility index (Phi) is 4.87. The molecule has 22 heavy (non-hydrogen) atoms. The number of ether oxygens (including phenoxy) is 1. The predicted octanol–water partition coefficient (Wildman–Crippen LogP) is 3.46. The van der Waals surface area contributed by atoms with Crippen LogP contribution in [0.3, 0.4) is 0 Å². The summed E-state index contributed by atoms with van der Waals surface area (Å²) < 4.78 is 33.2. The first-order chi connectivity index (χ1) is 10.3. The molecule has 0 aromatic heterocycles. The molecule has 0 heterocycles. The van der Waals surface area contributed by atoms with Crippen LogP contribution in [0.4, 0.5) is 5.69 Å². The topological polar surface area (TPSA) is 72.5 Å². The van der Waals surface area contributed by atoms with Gasteiger partial charge < -0.3 is 4.74 Å². The van der Waals surface area contributed by atoms with Crippen LogP contribution in [0, 0.1) is 0 Å². The number of sulfonamides is 1. The Balaban J connectivity index is 2.42. The quantitative estimate of drug-likeness (QED) is 0.802. The molecule has 0 fully saturated rings. The molecule has 116 valence electrons. The summed E-state index contributed by atoms with van der Waals surface area (Å²) in [6.45, 7) is 1.42.